The molecule has 0 radical (unpaired) electrons. The van der Waals surface area contributed by atoms with Gasteiger partial charge < -0.3 is 20.5 Å². The van der Waals surface area contributed by atoms with Gasteiger partial charge in [-0.15, -0.1) is 0 Å². The third kappa shape index (κ3) is 5.77. The van der Waals surface area contributed by atoms with Crippen LogP contribution in [0, 0.1) is 11.6 Å². The Morgan fingerprint density at radius 3 is 2.75 bits per heavy atom. The summed E-state index contributed by atoms with van der Waals surface area (Å²) < 4.78 is 46.6. The first-order chi connectivity index (χ1) is 19.1. The van der Waals surface area contributed by atoms with Crippen LogP contribution in [0.1, 0.15) is 54.7 Å². The second-order valence-corrected chi connectivity index (χ2v) is 11.6. The van der Waals surface area contributed by atoms with Gasteiger partial charge in [-0.1, -0.05) is 0 Å². The minimum absolute atomic E-state index is 0.0506. The number of rotatable bonds is 8. The van der Waals surface area contributed by atoms with E-state index in [9.17, 15) is 14.3 Å². The van der Waals surface area contributed by atoms with Crippen molar-refractivity contribution in [2.45, 2.75) is 76.6 Å². The Morgan fingerprint density at radius 1 is 1.27 bits per heavy atom. The quantitative estimate of drug-likeness (QED) is 0.377. The molecule has 1 aromatic carbocycles. The minimum atomic E-state index is -1.23. The van der Waals surface area contributed by atoms with E-state index in [1.54, 1.807) is 0 Å². The molecule has 3 N–H and O–H groups in total. The minimum Gasteiger partial charge on any atom is -0.488 e. The highest BCUT2D eigenvalue weighted by Crippen LogP contribution is 2.38. The Morgan fingerprint density at radius 2 is 2.05 bits per heavy atom. The van der Waals surface area contributed by atoms with Crippen LogP contribution in [0.3, 0.4) is 0 Å². The Bertz CT molecular complexity index is 1510. The summed E-state index contributed by atoms with van der Waals surface area (Å²) >= 11 is 0. The van der Waals surface area contributed by atoms with Crippen molar-refractivity contribution in [3.05, 3.63) is 40.4 Å². The summed E-state index contributed by atoms with van der Waals surface area (Å²) in [5.41, 5.74) is -2.15. The highest BCUT2D eigenvalue weighted by molar-refractivity contribution is 5.63. The van der Waals surface area contributed by atoms with Gasteiger partial charge in [0.1, 0.15) is 18.0 Å². The van der Waals surface area contributed by atoms with Gasteiger partial charge in [-0.3, -0.25) is 4.90 Å². The number of piperidine rings is 1. The number of ether oxygens (including phenoxy) is 1. The molecule has 2 aliphatic heterocycles. The number of tetrazole rings is 1. The maximum Gasteiger partial charge on any atom is 0.368 e. The lowest BCUT2D eigenvalue weighted by Crippen LogP contribution is -2.55. The molecule has 0 spiro atoms. The van der Waals surface area contributed by atoms with Gasteiger partial charge in [0.15, 0.2) is 17.5 Å². The van der Waals surface area contributed by atoms with Crippen LogP contribution in [0.25, 0.3) is 5.69 Å². The number of aromatic nitrogens is 6. The number of aryl methyl sites for hydroxylation is 1. The average Bonchev–Trinajstić information content (AvgIpc) is 3.43. The number of nitrogens with one attached hydrogen (secondary N) is 2. The molecule has 2 saturated heterocycles. The predicted molar refractivity (Wildman–Crippen MR) is 144 cm³/mol. The summed E-state index contributed by atoms with van der Waals surface area (Å²) in [5.74, 6) is -1.65. The molecule has 0 bridgehead atoms. The number of halogens is 2. The first kappa shape index (κ1) is 26.6. The van der Waals surface area contributed by atoms with Crippen LogP contribution in [-0.2, 0) is 7.05 Å². The van der Waals surface area contributed by atoms with Crippen molar-refractivity contribution in [3.63, 3.8) is 0 Å². The van der Waals surface area contributed by atoms with Crippen molar-refractivity contribution in [1.82, 2.24) is 34.7 Å². The molecule has 0 amide bonds. The molecule has 0 aliphatic carbocycles. The van der Waals surface area contributed by atoms with Crippen molar-refractivity contribution >= 4 is 17.5 Å². The first-order valence-electron chi connectivity index (χ1n) is 13.7. The second kappa shape index (κ2) is 10.4. The van der Waals surface area contributed by atoms with Gasteiger partial charge in [-0.2, -0.15) is 14.3 Å². The number of hydrogen-bond acceptors (Lipinski definition) is 10. The predicted octanol–water partition coefficient (Wildman–Crippen LogP) is 2.74. The summed E-state index contributed by atoms with van der Waals surface area (Å²) in [6.45, 7) is 7.91. The van der Waals surface area contributed by atoms with E-state index in [2.05, 4.69) is 49.8 Å². The van der Waals surface area contributed by atoms with Gasteiger partial charge in [0, 0.05) is 32.1 Å². The molecule has 14 heteroatoms. The molecule has 5 rings (SSSR count). The maximum atomic E-state index is 15.3. The Balaban J connectivity index is 1.43. The Labute approximate surface area is 231 Å². The van der Waals surface area contributed by atoms with Gasteiger partial charge in [-0.25, -0.2) is 18.6 Å². The zero-order chi connectivity index (χ0) is 29.7. The zero-order valence-electron chi connectivity index (χ0n) is 24.2. The van der Waals surface area contributed by atoms with E-state index in [0.717, 1.165) is 41.0 Å². The van der Waals surface area contributed by atoms with Crippen molar-refractivity contribution in [3.8, 4) is 11.4 Å². The van der Waals surface area contributed by atoms with E-state index in [-0.39, 0.29) is 47.1 Å². The average molecular weight is 561 g/mol. The molecule has 4 heterocycles. The fourth-order valence-electron chi connectivity index (χ4n) is 5.33. The molecule has 2 atom stereocenters. The molecule has 2 fully saturated rings. The van der Waals surface area contributed by atoms with E-state index >= 15 is 4.39 Å². The second-order valence-electron chi connectivity index (χ2n) is 11.6. The molecule has 0 unspecified atom stereocenters. The SMILES string of the molecule is [2H][C@@]12CCCN1C(C)(C)C[C@H](Nc1nc(Nc3cc(-n4nnn(C)c4=O)c(OCC(C)(C)O)cc3F)ncc1F)C2. The van der Waals surface area contributed by atoms with Gasteiger partial charge in [-0.05, 0) is 76.4 Å². The summed E-state index contributed by atoms with van der Waals surface area (Å²) in [4.78, 5) is 23.0. The van der Waals surface area contributed by atoms with E-state index < -0.39 is 28.9 Å². The molecular formula is C26H35F2N9O3. The molecule has 0 saturated carbocycles. The largest absolute Gasteiger partial charge is 0.488 e. The Kier molecular flexibility index (Phi) is 6.90. The number of benzene rings is 1. The standard InChI is InChI=1S/C26H35F2N9O3/c1-25(2)12-15(9-16-7-6-8-36(16)25)30-22-18(28)13-29-23(32-22)31-19-11-20(37-24(38)35(5)33-34-37)21(10-17(19)27)40-14-26(3,4)39/h10-11,13,15-16,39H,6-9,12,14H2,1-5H3,(H2,29,30,31,32)/t15-,16+/m1/s1/i16D. The van der Waals surface area contributed by atoms with Crippen molar-refractivity contribution in [2.24, 2.45) is 7.05 Å². The van der Waals surface area contributed by atoms with E-state index in [0.29, 0.717) is 12.8 Å². The fourth-order valence-corrected chi connectivity index (χ4v) is 5.33. The molecule has 216 valence electrons. The fraction of sp³-hybridized carbons (Fsp3) is 0.577. The van der Waals surface area contributed by atoms with Gasteiger partial charge >= 0.3 is 5.69 Å². The maximum absolute atomic E-state index is 15.3. The van der Waals surface area contributed by atoms with E-state index in [1.165, 1.54) is 27.0 Å². The summed E-state index contributed by atoms with van der Waals surface area (Å²) in [6.07, 6.45) is 3.89. The number of aliphatic hydroxyl groups is 1. The van der Waals surface area contributed by atoms with Crippen LogP contribution in [0.2, 0.25) is 0 Å². The van der Waals surface area contributed by atoms with Crippen LogP contribution >= 0.6 is 0 Å². The lowest BCUT2D eigenvalue weighted by molar-refractivity contribution is 0.0283. The van der Waals surface area contributed by atoms with E-state index in [1.807, 2.05) is 0 Å². The molecule has 2 aromatic heterocycles. The van der Waals surface area contributed by atoms with Crippen LogP contribution < -0.4 is 21.1 Å². The highest BCUT2D eigenvalue weighted by atomic mass is 19.1. The van der Waals surface area contributed by atoms with Crippen LogP contribution in [0.5, 0.6) is 5.75 Å². The summed E-state index contributed by atoms with van der Waals surface area (Å²) in [6, 6.07) is 1.39. The van der Waals surface area contributed by atoms with Crippen molar-refractivity contribution in [2.75, 3.05) is 23.8 Å². The summed E-state index contributed by atoms with van der Waals surface area (Å²) in [5, 5.41) is 23.5. The molecular weight excluding hydrogens is 524 g/mol. The highest BCUT2D eigenvalue weighted by Gasteiger charge is 2.43. The van der Waals surface area contributed by atoms with Gasteiger partial charge in [0.05, 0.1) is 17.5 Å². The lowest BCUT2D eigenvalue weighted by atomic mass is 9.84. The van der Waals surface area contributed by atoms with Crippen LogP contribution in [-0.4, -0.2) is 76.1 Å². The molecule has 2 aliphatic rings. The van der Waals surface area contributed by atoms with Gasteiger partial charge in [0.25, 0.3) is 0 Å². The topological polar surface area (TPSA) is 135 Å². The molecule has 12 nitrogen and oxygen atoms in total. The van der Waals surface area contributed by atoms with E-state index in [4.69, 9.17) is 6.11 Å². The first-order valence-corrected chi connectivity index (χ1v) is 13.2. The number of fused-ring (bicyclic) bond motifs is 1. The smallest absolute Gasteiger partial charge is 0.368 e. The van der Waals surface area contributed by atoms with Crippen molar-refractivity contribution < 1.29 is 20.0 Å². The lowest BCUT2D eigenvalue weighted by Gasteiger charge is -2.47. The number of nitrogens with zero attached hydrogens (tertiary/aromatic N) is 7. The zero-order valence-corrected chi connectivity index (χ0v) is 23.2. The Hall–Kier alpha value is -3.65. The normalized spacial score (nSPS) is 23.0. The third-order valence-corrected chi connectivity index (χ3v) is 7.10. The number of anilines is 3. The summed E-state index contributed by atoms with van der Waals surface area (Å²) in [7, 11) is 1.41. The van der Waals surface area contributed by atoms with Gasteiger partial charge in [0.2, 0.25) is 5.95 Å². The molecule has 40 heavy (non-hydrogen) atoms. The monoisotopic (exact) mass is 560 g/mol. The van der Waals surface area contributed by atoms with Crippen LogP contribution in [0.15, 0.2) is 23.1 Å². The third-order valence-electron chi connectivity index (χ3n) is 7.10. The number of hydrogen-bond donors (Lipinski definition) is 3. The van der Waals surface area contributed by atoms with Crippen molar-refractivity contribution in [1.29, 1.82) is 0 Å². The van der Waals surface area contributed by atoms with Crippen LogP contribution in [0.4, 0.5) is 26.2 Å². The molecule has 3 aromatic rings.